The summed E-state index contributed by atoms with van der Waals surface area (Å²) in [6, 6.07) is 0. The Morgan fingerprint density at radius 3 is 3.20 bits per heavy atom. The fraction of sp³-hybridized carbons (Fsp3) is 0.500. The number of aromatic nitrogens is 3. The van der Waals surface area contributed by atoms with Crippen molar-refractivity contribution in [2.75, 3.05) is 6.54 Å². The minimum Gasteiger partial charge on any atom is -0.352 e. The number of nitrogens with one attached hydrogen (secondary N) is 1. The topological polar surface area (TPSA) is 59.3 Å². The molecule has 1 fully saturated rings. The molecule has 1 aliphatic rings. The molecule has 0 bridgehead atoms. The van der Waals surface area contributed by atoms with Gasteiger partial charge in [0.05, 0.1) is 23.5 Å². The van der Waals surface area contributed by atoms with Gasteiger partial charge in [0.2, 0.25) is 0 Å². The van der Waals surface area contributed by atoms with Gasteiger partial charge in [0, 0.05) is 23.8 Å². The van der Waals surface area contributed by atoms with Crippen LogP contribution in [0.4, 0.5) is 0 Å². The Morgan fingerprint density at radius 1 is 1.45 bits per heavy atom. The zero-order valence-electron chi connectivity index (χ0n) is 11.1. The maximum Gasteiger partial charge on any atom is 0.255 e. The van der Waals surface area contributed by atoms with Crippen molar-refractivity contribution in [3.8, 4) is 0 Å². The average molecular weight is 337 g/mol. The van der Waals surface area contributed by atoms with Gasteiger partial charge in [-0.15, -0.1) is 0 Å². The summed E-state index contributed by atoms with van der Waals surface area (Å²) in [6.07, 6.45) is 11.5. The molecular weight excluding hydrogens is 320 g/mol. The van der Waals surface area contributed by atoms with Crippen LogP contribution >= 0.6 is 15.9 Å². The molecule has 2 atom stereocenters. The van der Waals surface area contributed by atoms with Crippen LogP contribution in [-0.2, 0) is 0 Å². The average Bonchev–Trinajstić information content (AvgIpc) is 2.89. The molecule has 1 amide bonds. The molecule has 2 aromatic heterocycles. The van der Waals surface area contributed by atoms with E-state index in [0.29, 0.717) is 16.3 Å². The normalized spacial score (nSPS) is 22.9. The highest BCUT2D eigenvalue weighted by Gasteiger charge is 2.21. The fourth-order valence-electron chi connectivity index (χ4n) is 2.75. The van der Waals surface area contributed by atoms with Gasteiger partial charge >= 0.3 is 0 Å². The molecule has 3 rings (SSSR count). The van der Waals surface area contributed by atoms with E-state index in [1.165, 1.54) is 19.3 Å². The van der Waals surface area contributed by atoms with Crippen molar-refractivity contribution in [3.05, 3.63) is 30.4 Å². The fourth-order valence-corrected chi connectivity index (χ4v) is 3.60. The van der Waals surface area contributed by atoms with Gasteiger partial charge in [0.25, 0.3) is 5.91 Å². The molecule has 2 heterocycles. The van der Waals surface area contributed by atoms with Crippen LogP contribution < -0.4 is 5.32 Å². The molecule has 0 radical (unpaired) electrons. The van der Waals surface area contributed by atoms with Gasteiger partial charge in [0.15, 0.2) is 0 Å². The van der Waals surface area contributed by atoms with Crippen molar-refractivity contribution >= 4 is 27.4 Å². The first-order valence-corrected chi connectivity index (χ1v) is 7.85. The third-order valence-electron chi connectivity index (χ3n) is 3.84. The molecule has 5 nitrogen and oxygen atoms in total. The van der Waals surface area contributed by atoms with Gasteiger partial charge in [-0.25, -0.2) is 4.52 Å². The smallest absolute Gasteiger partial charge is 0.255 e. The van der Waals surface area contributed by atoms with E-state index in [1.807, 2.05) is 0 Å². The van der Waals surface area contributed by atoms with Crippen LogP contribution in [0.2, 0.25) is 0 Å². The van der Waals surface area contributed by atoms with Crippen molar-refractivity contribution in [3.63, 3.8) is 0 Å². The zero-order chi connectivity index (χ0) is 13.9. The quantitative estimate of drug-likeness (QED) is 0.875. The lowest BCUT2D eigenvalue weighted by atomic mass is 9.89. The van der Waals surface area contributed by atoms with Crippen LogP contribution in [0.1, 0.15) is 36.0 Å². The zero-order valence-corrected chi connectivity index (χ0v) is 12.7. The summed E-state index contributed by atoms with van der Waals surface area (Å²) in [5.41, 5.74) is 1.33. The lowest BCUT2D eigenvalue weighted by molar-refractivity contribution is 0.0945. The summed E-state index contributed by atoms with van der Waals surface area (Å²) >= 11 is 3.67. The van der Waals surface area contributed by atoms with E-state index in [4.69, 9.17) is 0 Å². The summed E-state index contributed by atoms with van der Waals surface area (Å²) < 4.78 is 1.66. The van der Waals surface area contributed by atoms with Crippen LogP contribution in [0.3, 0.4) is 0 Å². The van der Waals surface area contributed by atoms with E-state index >= 15 is 0 Å². The van der Waals surface area contributed by atoms with Crippen LogP contribution in [0.25, 0.3) is 5.52 Å². The Hall–Kier alpha value is -1.43. The lowest BCUT2D eigenvalue weighted by Crippen LogP contribution is -2.31. The first-order valence-electron chi connectivity index (χ1n) is 6.93. The maximum absolute atomic E-state index is 12.2. The van der Waals surface area contributed by atoms with E-state index in [1.54, 1.807) is 29.3 Å². The molecule has 2 aromatic rings. The number of carbonyl (C=O) groups excluding carboxylic acids is 1. The van der Waals surface area contributed by atoms with Crippen molar-refractivity contribution < 1.29 is 4.79 Å². The monoisotopic (exact) mass is 336 g/mol. The predicted octanol–water partition coefficient (Wildman–Crippen LogP) is 2.41. The molecule has 0 aromatic carbocycles. The standard InChI is InChI=1S/C14H17BrN4O/c15-11-3-1-2-10(6-11)7-17-14(20)12-8-18-19-5-4-16-9-13(12)19/h4-5,8-11H,1-3,6-7H2,(H,17,20). The number of hydrogen-bond donors (Lipinski definition) is 1. The third kappa shape index (κ3) is 2.85. The number of rotatable bonds is 3. The third-order valence-corrected chi connectivity index (χ3v) is 4.67. The summed E-state index contributed by atoms with van der Waals surface area (Å²) in [7, 11) is 0. The van der Waals surface area contributed by atoms with Gasteiger partial charge in [-0.2, -0.15) is 5.10 Å². The first-order chi connectivity index (χ1) is 9.74. The van der Waals surface area contributed by atoms with Gasteiger partial charge < -0.3 is 5.32 Å². The van der Waals surface area contributed by atoms with E-state index in [9.17, 15) is 4.79 Å². The number of nitrogens with zero attached hydrogens (tertiary/aromatic N) is 3. The maximum atomic E-state index is 12.2. The Balaban J connectivity index is 1.64. The molecule has 0 spiro atoms. The SMILES string of the molecule is O=C(NCC1CCCC(Br)C1)c1cnn2ccncc12. The van der Waals surface area contributed by atoms with E-state index < -0.39 is 0 Å². The minimum absolute atomic E-state index is 0.0651. The lowest BCUT2D eigenvalue weighted by Gasteiger charge is -2.25. The molecule has 1 N–H and O–H groups in total. The number of fused-ring (bicyclic) bond motifs is 1. The number of carbonyl (C=O) groups is 1. The molecule has 20 heavy (non-hydrogen) atoms. The molecule has 1 aliphatic carbocycles. The molecule has 1 saturated carbocycles. The van der Waals surface area contributed by atoms with E-state index in [2.05, 4.69) is 31.3 Å². The molecular formula is C14H17BrN4O. The van der Waals surface area contributed by atoms with E-state index in [-0.39, 0.29) is 5.91 Å². The second-order valence-electron chi connectivity index (χ2n) is 5.30. The van der Waals surface area contributed by atoms with Crippen molar-refractivity contribution in [1.29, 1.82) is 0 Å². The summed E-state index contributed by atoms with van der Waals surface area (Å²) in [5.74, 6) is 0.502. The first kappa shape index (κ1) is 13.5. The van der Waals surface area contributed by atoms with Crippen LogP contribution in [-0.4, -0.2) is 31.9 Å². The molecule has 106 valence electrons. The molecule has 2 unspecified atom stereocenters. The summed E-state index contributed by atoms with van der Waals surface area (Å²) in [6.45, 7) is 0.735. The Morgan fingerprint density at radius 2 is 2.35 bits per heavy atom. The van der Waals surface area contributed by atoms with Gasteiger partial charge in [-0.1, -0.05) is 22.4 Å². The Bertz CT molecular complexity index is 612. The number of halogens is 1. The minimum atomic E-state index is -0.0651. The highest BCUT2D eigenvalue weighted by molar-refractivity contribution is 9.09. The summed E-state index contributed by atoms with van der Waals surface area (Å²) in [5, 5.41) is 7.18. The van der Waals surface area contributed by atoms with Gasteiger partial charge in [-0.05, 0) is 25.2 Å². The molecule has 6 heteroatoms. The highest BCUT2D eigenvalue weighted by Crippen LogP contribution is 2.28. The number of alkyl halides is 1. The van der Waals surface area contributed by atoms with Gasteiger partial charge in [0.1, 0.15) is 0 Å². The van der Waals surface area contributed by atoms with Crippen LogP contribution in [0, 0.1) is 5.92 Å². The Kier molecular flexibility index (Phi) is 4.00. The highest BCUT2D eigenvalue weighted by atomic mass is 79.9. The van der Waals surface area contributed by atoms with Crippen molar-refractivity contribution in [2.24, 2.45) is 5.92 Å². The number of hydrogen-bond acceptors (Lipinski definition) is 3. The predicted molar refractivity (Wildman–Crippen MR) is 80.0 cm³/mol. The molecule has 0 saturated heterocycles. The number of amides is 1. The van der Waals surface area contributed by atoms with E-state index in [0.717, 1.165) is 18.5 Å². The summed E-state index contributed by atoms with van der Waals surface area (Å²) in [4.78, 5) is 16.9. The van der Waals surface area contributed by atoms with Crippen LogP contribution in [0.5, 0.6) is 0 Å². The van der Waals surface area contributed by atoms with Crippen molar-refractivity contribution in [2.45, 2.75) is 30.5 Å². The molecule has 0 aliphatic heterocycles. The largest absolute Gasteiger partial charge is 0.352 e. The Labute approximate surface area is 125 Å². The van der Waals surface area contributed by atoms with Gasteiger partial charge in [-0.3, -0.25) is 9.78 Å². The second-order valence-corrected chi connectivity index (χ2v) is 6.60. The second kappa shape index (κ2) is 5.91. The van der Waals surface area contributed by atoms with Crippen LogP contribution in [0.15, 0.2) is 24.8 Å². The van der Waals surface area contributed by atoms with Crippen molar-refractivity contribution in [1.82, 2.24) is 19.9 Å².